The number of anilines is 2. The summed E-state index contributed by atoms with van der Waals surface area (Å²) in [5, 5.41) is 18.4. The molecule has 0 bridgehead atoms. The topological polar surface area (TPSA) is 135 Å². The van der Waals surface area contributed by atoms with Crippen molar-refractivity contribution >= 4 is 28.4 Å². The van der Waals surface area contributed by atoms with Crippen LogP contribution >= 0.6 is 0 Å². The number of nitrogens with zero attached hydrogens (tertiary/aromatic N) is 7. The van der Waals surface area contributed by atoms with E-state index in [4.69, 9.17) is 4.98 Å². The number of nitrogens with one attached hydrogen (secondary N) is 3. The van der Waals surface area contributed by atoms with Gasteiger partial charge in [-0.3, -0.25) is 9.78 Å². The molecule has 1 fully saturated rings. The lowest BCUT2D eigenvalue weighted by molar-refractivity contribution is 0.102. The standard InChI is InChI=1S/C23H26N10O/c1-14(2)27-22-12-25-11-19(29-22)17-4-3-15-10-26-21(9-18(15)28-17)30-23(34)20-13-33(32-31-20)16-5-7-24-8-6-16/h3-4,9-14,16,24H,5-8H2,1-2H3,(H,27,29)(H,26,30,34). The minimum absolute atomic E-state index is 0.243. The Morgan fingerprint density at radius 3 is 2.76 bits per heavy atom. The van der Waals surface area contributed by atoms with Gasteiger partial charge in [0.25, 0.3) is 5.91 Å². The van der Waals surface area contributed by atoms with Crippen LogP contribution < -0.4 is 16.0 Å². The molecule has 34 heavy (non-hydrogen) atoms. The third-order valence-electron chi connectivity index (χ3n) is 5.57. The van der Waals surface area contributed by atoms with Gasteiger partial charge in [-0.25, -0.2) is 19.6 Å². The summed E-state index contributed by atoms with van der Waals surface area (Å²) in [5.41, 5.74) is 2.28. The van der Waals surface area contributed by atoms with E-state index in [1.54, 1.807) is 35.5 Å². The predicted octanol–water partition coefficient (Wildman–Crippen LogP) is 2.68. The number of aromatic nitrogens is 7. The first kappa shape index (κ1) is 21.8. The van der Waals surface area contributed by atoms with Gasteiger partial charge in [-0.15, -0.1) is 5.10 Å². The van der Waals surface area contributed by atoms with Crippen LogP contribution in [0.15, 0.2) is 43.0 Å². The maximum atomic E-state index is 12.7. The number of piperidine rings is 1. The quantitative estimate of drug-likeness (QED) is 0.398. The number of amides is 1. The summed E-state index contributed by atoms with van der Waals surface area (Å²) in [4.78, 5) is 30.7. The fourth-order valence-electron chi connectivity index (χ4n) is 3.89. The predicted molar refractivity (Wildman–Crippen MR) is 128 cm³/mol. The molecule has 0 unspecified atom stereocenters. The van der Waals surface area contributed by atoms with Gasteiger partial charge < -0.3 is 16.0 Å². The third kappa shape index (κ3) is 4.84. The maximum Gasteiger partial charge on any atom is 0.278 e. The van der Waals surface area contributed by atoms with Crippen LogP contribution in [0.2, 0.25) is 0 Å². The molecule has 0 atom stereocenters. The van der Waals surface area contributed by atoms with Gasteiger partial charge in [-0.05, 0) is 51.9 Å². The normalized spacial score (nSPS) is 14.4. The van der Waals surface area contributed by atoms with Crippen molar-refractivity contribution in [3.63, 3.8) is 0 Å². The second-order valence-electron chi connectivity index (χ2n) is 8.57. The summed E-state index contributed by atoms with van der Waals surface area (Å²) in [6, 6.07) is 6.04. The van der Waals surface area contributed by atoms with Crippen LogP contribution in [0.25, 0.3) is 22.3 Å². The first-order valence-electron chi connectivity index (χ1n) is 11.3. The van der Waals surface area contributed by atoms with Crippen molar-refractivity contribution in [3.8, 4) is 11.4 Å². The SMILES string of the molecule is CC(C)Nc1cncc(-c2ccc3cnc(NC(=O)c4cn(C5CCNCC5)nn4)cc3n2)n1. The molecule has 4 aromatic heterocycles. The Bertz CT molecular complexity index is 1310. The Hall–Kier alpha value is -3.99. The van der Waals surface area contributed by atoms with Gasteiger partial charge in [-0.2, -0.15) is 0 Å². The molecular weight excluding hydrogens is 432 g/mol. The number of hydrogen-bond acceptors (Lipinski definition) is 9. The van der Waals surface area contributed by atoms with Crippen molar-refractivity contribution in [1.29, 1.82) is 0 Å². The van der Waals surface area contributed by atoms with E-state index >= 15 is 0 Å². The average molecular weight is 459 g/mol. The minimum atomic E-state index is -0.360. The highest BCUT2D eigenvalue weighted by molar-refractivity contribution is 6.02. The molecule has 0 spiro atoms. The second kappa shape index (κ2) is 9.48. The smallest absolute Gasteiger partial charge is 0.278 e. The number of carbonyl (C=O) groups excluding carboxylic acids is 1. The van der Waals surface area contributed by atoms with Crippen molar-refractivity contribution in [2.75, 3.05) is 23.7 Å². The zero-order valence-electron chi connectivity index (χ0n) is 19.1. The first-order chi connectivity index (χ1) is 16.5. The molecule has 5 rings (SSSR count). The minimum Gasteiger partial charge on any atom is -0.367 e. The van der Waals surface area contributed by atoms with E-state index in [0.29, 0.717) is 28.5 Å². The summed E-state index contributed by atoms with van der Waals surface area (Å²) >= 11 is 0. The van der Waals surface area contributed by atoms with Gasteiger partial charge in [-0.1, -0.05) is 5.21 Å². The number of carbonyl (C=O) groups is 1. The van der Waals surface area contributed by atoms with E-state index in [-0.39, 0.29) is 23.7 Å². The van der Waals surface area contributed by atoms with Crippen molar-refractivity contribution in [3.05, 3.63) is 48.7 Å². The molecule has 1 aliphatic heterocycles. The summed E-state index contributed by atoms with van der Waals surface area (Å²) in [6.45, 7) is 5.96. The monoisotopic (exact) mass is 458 g/mol. The Morgan fingerprint density at radius 2 is 1.94 bits per heavy atom. The highest BCUT2D eigenvalue weighted by Crippen LogP contribution is 2.22. The van der Waals surface area contributed by atoms with E-state index < -0.39 is 0 Å². The molecule has 0 saturated carbocycles. The van der Waals surface area contributed by atoms with Gasteiger partial charge in [0.2, 0.25) is 0 Å². The van der Waals surface area contributed by atoms with Crippen molar-refractivity contribution in [1.82, 2.24) is 40.2 Å². The Morgan fingerprint density at radius 1 is 1.09 bits per heavy atom. The molecule has 11 heteroatoms. The van der Waals surface area contributed by atoms with Crippen molar-refractivity contribution in [2.45, 2.75) is 38.8 Å². The van der Waals surface area contributed by atoms with Gasteiger partial charge in [0.15, 0.2) is 5.69 Å². The molecule has 1 aliphatic rings. The van der Waals surface area contributed by atoms with Crippen LogP contribution in [0.1, 0.15) is 43.2 Å². The Kier molecular flexibility index (Phi) is 6.09. The number of rotatable bonds is 6. The van der Waals surface area contributed by atoms with Gasteiger partial charge >= 0.3 is 0 Å². The van der Waals surface area contributed by atoms with Gasteiger partial charge in [0.05, 0.1) is 35.8 Å². The average Bonchev–Trinajstić information content (AvgIpc) is 3.35. The molecule has 0 aromatic carbocycles. The van der Waals surface area contributed by atoms with Crippen molar-refractivity contribution in [2.24, 2.45) is 0 Å². The Labute approximate surface area is 196 Å². The molecular formula is C23H26N10O. The molecule has 11 nitrogen and oxygen atoms in total. The Balaban J connectivity index is 1.34. The van der Waals surface area contributed by atoms with Crippen LogP contribution in [0.5, 0.6) is 0 Å². The second-order valence-corrected chi connectivity index (χ2v) is 8.57. The molecule has 4 aromatic rings. The van der Waals surface area contributed by atoms with E-state index in [0.717, 1.165) is 31.3 Å². The zero-order valence-corrected chi connectivity index (χ0v) is 19.1. The third-order valence-corrected chi connectivity index (χ3v) is 5.57. The van der Waals surface area contributed by atoms with Crippen LogP contribution in [0, 0.1) is 0 Å². The number of hydrogen-bond donors (Lipinski definition) is 3. The van der Waals surface area contributed by atoms with E-state index in [9.17, 15) is 4.79 Å². The molecule has 5 heterocycles. The summed E-state index contributed by atoms with van der Waals surface area (Å²) < 4.78 is 1.78. The molecule has 1 saturated heterocycles. The van der Waals surface area contributed by atoms with E-state index in [1.165, 1.54) is 0 Å². The van der Waals surface area contributed by atoms with Crippen LogP contribution in [-0.2, 0) is 0 Å². The van der Waals surface area contributed by atoms with E-state index in [2.05, 4.69) is 41.2 Å². The molecule has 0 radical (unpaired) electrons. The van der Waals surface area contributed by atoms with E-state index in [1.807, 2.05) is 26.0 Å². The highest BCUT2D eigenvalue weighted by atomic mass is 16.2. The summed E-state index contributed by atoms with van der Waals surface area (Å²) in [6.07, 6.45) is 8.66. The van der Waals surface area contributed by atoms with Crippen LogP contribution in [0.4, 0.5) is 11.6 Å². The summed E-state index contributed by atoms with van der Waals surface area (Å²) in [7, 11) is 0. The first-order valence-corrected chi connectivity index (χ1v) is 11.3. The zero-order chi connectivity index (χ0) is 23.5. The molecule has 3 N–H and O–H groups in total. The van der Waals surface area contributed by atoms with Crippen LogP contribution in [-0.4, -0.2) is 60.0 Å². The molecule has 0 aliphatic carbocycles. The van der Waals surface area contributed by atoms with Crippen molar-refractivity contribution < 1.29 is 4.79 Å². The fourth-order valence-corrected chi connectivity index (χ4v) is 3.89. The molecule has 174 valence electrons. The number of fused-ring (bicyclic) bond motifs is 1. The van der Waals surface area contributed by atoms with Crippen LogP contribution in [0.3, 0.4) is 0 Å². The molecule has 1 amide bonds. The lowest BCUT2D eigenvalue weighted by atomic mass is 10.1. The largest absolute Gasteiger partial charge is 0.367 e. The highest BCUT2D eigenvalue weighted by Gasteiger charge is 2.19. The summed E-state index contributed by atoms with van der Waals surface area (Å²) in [5.74, 6) is 0.719. The lowest BCUT2D eigenvalue weighted by Gasteiger charge is -2.22. The van der Waals surface area contributed by atoms with Gasteiger partial charge in [0, 0.05) is 23.7 Å². The van der Waals surface area contributed by atoms with Gasteiger partial charge in [0.1, 0.15) is 17.3 Å². The number of pyridine rings is 2. The fraction of sp³-hybridized carbons (Fsp3) is 0.348. The lowest BCUT2D eigenvalue weighted by Crippen LogP contribution is -2.29. The maximum absolute atomic E-state index is 12.7.